The molecular weight excluding hydrogens is 178 g/mol. The van der Waals surface area contributed by atoms with Gasteiger partial charge in [-0.15, -0.1) is 0 Å². The average molecular weight is 189 g/mol. The molecule has 0 saturated carbocycles. The molecule has 0 radical (unpaired) electrons. The van der Waals surface area contributed by atoms with Crippen LogP contribution in [0.2, 0.25) is 0 Å². The van der Waals surface area contributed by atoms with Crippen LogP contribution in [-0.4, -0.2) is 4.98 Å². The molecule has 1 N–H and O–H groups in total. The Labute approximate surface area is 82.4 Å². The second kappa shape index (κ2) is 2.96. The molecule has 66 valence electrons. The minimum atomic E-state index is 0.793. The van der Waals surface area contributed by atoms with Gasteiger partial charge in [0.1, 0.15) is 4.64 Å². The Balaban J connectivity index is 2.97. The van der Waals surface area contributed by atoms with Gasteiger partial charge in [-0.3, -0.25) is 0 Å². The lowest BCUT2D eigenvalue weighted by atomic mass is 10.1. The number of rotatable bonds is 0. The summed E-state index contributed by atoms with van der Waals surface area (Å²) in [7, 11) is 0. The number of nitrogens with one attached hydrogen (secondary N) is 1. The molecule has 0 aliphatic carbocycles. The summed E-state index contributed by atoms with van der Waals surface area (Å²) in [5, 5.41) is 1.22. The Hall–Kier alpha value is -1.15. The molecule has 13 heavy (non-hydrogen) atoms. The van der Waals surface area contributed by atoms with Crippen LogP contribution in [0.4, 0.5) is 0 Å². The number of aromatic nitrogens is 1. The Morgan fingerprint density at radius 1 is 1.08 bits per heavy atom. The van der Waals surface area contributed by atoms with E-state index < -0.39 is 0 Å². The number of pyridine rings is 1. The quantitative estimate of drug-likeness (QED) is 0.627. The number of aryl methyl sites for hydroxylation is 2. The van der Waals surface area contributed by atoms with Gasteiger partial charge in [0, 0.05) is 5.52 Å². The highest BCUT2D eigenvalue weighted by atomic mass is 32.1. The topological polar surface area (TPSA) is 15.8 Å². The van der Waals surface area contributed by atoms with Gasteiger partial charge in [0.25, 0.3) is 0 Å². The zero-order valence-corrected chi connectivity index (χ0v) is 8.53. The SMILES string of the molecule is Cc1ccc2ccc(=S)[nH]c2c1C. The van der Waals surface area contributed by atoms with Gasteiger partial charge in [-0.25, -0.2) is 0 Å². The van der Waals surface area contributed by atoms with E-state index in [-0.39, 0.29) is 0 Å². The molecule has 0 aliphatic rings. The van der Waals surface area contributed by atoms with Crippen LogP contribution >= 0.6 is 12.2 Å². The summed E-state index contributed by atoms with van der Waals surface area (Å²) in [5.41, 5.74) is 3.74. The Kier molecular flexibility index (Phi) is 1.93. The van der Waals surface area contributed by atoms with Crippen LogP contribution in [0.25, 0.3) is 10.9 Å². The van der Waals surface area contributed by atoms with Gasteiger partial charge in [0.2, 0.25) is 0 Å². The molecule has 0 aliphatic heterocycles. The lowest BCUT2D eigenvalue weighted by Gasteiger charge is -2.04. The zero-order chi connectivity index (χ0) is 9.42. The summed E-state index contributed by atoms with van der Waals surface area (Å²) in [6, 6.07) is 8.23. The van der Waals surface area contributed by atoms with Crippen LogP contribution in [0.3, 0.4) is 0 Å². The third kappa shape index (κ3) is 1.38. The standard InChI is InChI=1S/C11H11NS/c1-7-3-4-9-5-6-10(13)12-11(9)8(7)2/h3-6H,1-2H3,(H,12,13). The number of fused-ring (bicyclic) bond motifs is 1. The Bertz CT molecular complexity index is 511. The normalized spacial score (nSPS) is 10.6. The molecule has 2 heteroatoms. The van der Waals surface area contributed by atoms with E-state index in [4.69, 9.17) is 12.2 Å². The van der Waals surface area contributed by atoms with Crippen molar-refractivity contribution in [3.8, 4) is 0 Å². The van der Waals surface area contributed by atoms with Crippen molar-refractivity contribution in [2.45, 2.75) is 13.8 Å². The van der Waals surface area contributed by atoms with Crippen molar-refractivity contribution in [2.24, 2.45) is 0 Å². The highest BCUT2D eigenvalue weighted by Gasteiger charge is 1.98. The third-order valence-electron chi connectivity index (χ3n) is 2.43. The van der Waals surface area contributed by atoms with Gasteiger partial charge in [-0.2, -0.15) is 0 Å². The number of benzene rings is 1. The highest BCUT2D eigenvalue weighted by Crippen LogP contribution is 2.18. The van der Waals surface area contributed by atoms with Crippen LogP contribution in [0.5, 0.6) is 0 Å². The van der Waals surface area contributed by atoms with E-state index in [2.05, 4.69) is 37.0 Å². The fraction of sp³-hybridized carbons (Fsp3) is 0.182. The minimum Gasteiger partial charge on any atom is -0.346 e. The van der Waals surface area contributed by atoms with Gasteiger partial charge in [-0.05, 0) is 42.5 Å². The summed E-state index contributed by atoms with van der Waals surface area (Å²) >= 11 is 5.09. The second-order valence-corrected chi connectivity index (χ2v) is 3.73. The Morgan fingerprint density at radius 2 is 1.77 bits per heavy atom. The maximum Gasteiger partial charge on any atom is 0.103 e. The van der Waals surface area contributed by atoms with Crippen molar-refractivity contribution < 1.29 is 0 Å². The summed E-state index contributed by atoms with van der Waals surface area (Å²) in [5.74, 6) is 0. The van der Waals surface area contributed by atoms with E-state index in [9.17, 15) is 0 Å². The molecule has 0 spiro atoms. The van der Waals surface area contributed by atoms with Crippen molar-refractivity contribution in [2.75, 3.05) is 0 Å². The second-order valence-electron chi connectivity index (χ2n) is 3.29. The average Bonchev–Trinajstić information content (AvgIpc) is 2.12. The van der Waals surface area contributed by atoms with Crippen molar-refractivity contribution in [1.29, 1.82) is 0 Å². The third-order valence-corrected chi connectivity index (χ3v) is 2.67. The predicted molar refractivity (Wildman–Crippen MR) is 58.6 cm³/mol. The van der Waals surface area contributed by atoms with Crippen molar-refractivity contribution in [3.63, 3.8) is 0 Å². The van der Waals surface area contributed by atoms with E-state index in [0.29, 0.717) is 0 Å². The van der Waals surface area contributed by atoms with Crippen LogP contribution < -0.4 is 0 Å². The molecule has 1 nitrogen and oxygen atoms in total. The van der Waals surface area contributed by atoms with E-state index in [1.807, 2.05) is 6.07 Å². The van der Waals surface area contributed by atoms with E-state index in [0.717, 1.165) is 10.2 Å². The molecule has 0 atom stereocenters. The maximum atomic E-state index is 5.09. The van der Waals surface area contributed by atoms with Crippen molar-refractivity contribution in [3.05, 3.63) is 40.0 Å². The van der Waals surface area contributed by atoms with Crippen LogP contribution in [0, 0.1) is 18.5 Å². The van der Waals surface area contributed by atoms with Crippen LogP contribution in [-0.2, 0) is 0 Å². The van der Waals surface area contributed by atoms with Crippen LogP contribution in [0.15, 0.2) is 24.3 Å². The van der Waals surface area contributed by atoms with Gasteiger partial charge < -0.3 is 4.98 Å². The highest BCUT2D eigenvalue weighted by molar-refractivity contribution is 7.71. The summed E-state index contributed by atoms with van der Waals surface area (Å²) in [6.45, 7) is 4.22. The fourth-order valence-corrected chi connectivity index (χ4v) is 1.64. The molecular formula is C11H11NS. The molecule has 1 aromatic heterocycles. The fourth-order valence-electron chi connectivity index (χ4n) is 1.47. The number of hydrogen-bond acceptors (Lipinski definition) is 1. The lowest BCUT2D eigenvalue weighted by Crippen LogP contribution is -1.86. The van der Waals surface area contributed by atoms with Gasteiger partial charge >= 0.3 is 0 Å². The number of H-pyrrole nitrogens is 1. The maximum absolute atomic E-state index is 5.09. The monoisotopic (exact) mass is 189 g/mol. The minimum absolute atomic E-state index is 0.793. The molecule has 0 unspecified atom stereocenters. The van der Waals surface area contributed by atoms with E-state index >= 15 is 0 Å². The smallest absolute Gasteiger partial charge is 0.103 e. The van der Waals surface area contributed by atoms with Gasteiger partial charge in [0.15, 0.2) is 0 Å². The van der Waals surface area contributed by atoms with Crippen LogP contribution in [0.1, 0.15) is 11.1 Å². The van der Waals surface area contributed by atoms with E-state index in [1.165, 1.54) is 16.5 Å². The molecule has 1 aromatic carbocycles. The molecule has 1 heterocycles. The molecule has 0 saturated heterocycles. The molecule has 2 aromatic rings. The first-order valence-corrected chi connectivity index (χ1v) is 4.68. The summed E-state index contributed by atoms with van der Waals surface area (Å²) < 4.78 is 0.793. The first-order chi connectivity index (χ1) is 6.18. The largest absolute Gasteiger partial charge is 0.346 e. The first kappa shape index (κ1) is 8.45. The molecule has 0 fully saturated rings. The van der Waals surface area contributed by atoms with E-state index in [1.54, 1.807) is 0 Å². The molecule has 2 rings (SSSR count). The number of hydrogen-bond donors (Lipinski definition) is 1. The lowest BCUT2D eigenvalue weighted by molar-refractivity contribution is 1.30. The van der Waals surface area contributed by atoms with Crippen molar-refractivity contribution in [1.82, 2.24) is 4.98 Å². The van der Waals surface area contributed by atoms with Crippen molar-refractivity contribution >= 4 is 23.1 Å². The molecule has 0 amide bonds. The zero-order valence-electron chi connectivity index (χ0n) is 7.72. The summed E-state index contributed by atoms with van der Waals surface area (Å²) in [6.07, 6.45) is 0. The Morgan fingerprint density at radius 3 is 2.54 bits per heavy atom. The molecule has 0 bridgehead atoms. The van der Waals surface area contributed by atoms with Gasteiger partial charge in [-0.1, -0.05) is 24.4 Å². The first-order valence-electron chi connectivity index (χ1n) is 4.28. The summed E-state index contributed by atoms with van der Waals surface area (Å²) in [4.78, 5) is 3.21. The predicted octanol–water partition coefficient (Wildman–Crippen LogP) is 3.51. The number of aromatic amines is 1. The van der Waals surface area contributed by atoms with Gasteiger partial charge in [0.05, 0.1) is 0 Å².